The van der Waals surface area contributed by atoms with Crippen molar-refractivity contribution in [2.24, 2.45) is 5.14 Å². The Kier molecular flexibility index (Phi) is 5.51. The molecule has 4 N–H and O–H groups in total. The van der Waals surface area contributed by atoms with Gasteiger partial charge >= 0.3 is 12.0 Å². The Morgan fingerprint density at radius 2 is 2.16 bits per heavy atom. The minimum absolute atomic E-state index is 0.116. The van der Waals surface area contributed by atoms with Crippen LogP contribution >= 0.6 is 0 Å². The Labute approximate surface area is 110 Å². The number of sulfonamides is 1. The molecule has 110 valence electrons. The number of morpholine rings is 1. The van der Waals surface area contributed by atoms with Crippen LogP contribution in [0.1, 0.15) is 6.42 Å². The number of carbonyl (C=O) groups is 2. The van der Waals surface area contributed by atoms with E-state index in [1.54, 1.807) is 0 Å². The Morgan fingerprint density at radius 3 is 2.74 bits per heavy atom. The molecule has 2 amide bonds. The molecule has 10 heteroatoms. The summed E-state index contributed by atoms with van der Waals surface area (Å²) >= 11 is 0. The zero-order valence-electron chi connectivity index (χ0n) is 10.2. The molecule has 1 unspecified atom stereocenters. The number of nitrogens with two attached hydrogens (primary N) is 1. The summed E-state index contributed by atoms with van der Waals surface area (Å²) in [5.41, 5.74) is 0. The van der Waals surface area contributed by atoms with Crippen LogP contribution in [0.25, 0.3) is 0 Å². The lowest BCUT2D eigenvalue weighted by Gasteiger charge is -2.34. The summed E-state index contributed by atoms with van der Waals surface area (Å²) in [5.74, 6) is -1.40. The lowest BCUT2D eigenvalue weighted by atomic mass is 10.1. The van der Waals surface area contributed by atoms with Crippen molar-refractivity contribution in [3.05, 3.63) is 0 Å². The number of carboxylic acid groups (broad SMARTS) is 1. The van der Waals surface area contributed by atoms with Crippen LogP contribution in [0.2, 0.25) is 0 Å². The SMILES string of the molecule is NS(=O)(=O)CCNC(=O)N1CCOCC1CC(=O)O. The summed E-state index contributed by atoms with van der Waals surface area (Å²) in [6.45, 7) is 0.613. The van der Waals surface area contributed by atoms with E-state index in [1.807, 2.05) is 0 Å². The van der Waals surface area contributed by atoms with Gasteiger partial charge in [0, 0.05) is 13.1 Å². The molecule has 19 heavy (non-hydrogen) atoms. The molecule has 0 aromatic heterocycles. The van der Waals surface area contributed by atoms with E-state index in [9.17, 15) is 18.0 Å². The van der Waals surface area contributed by atoms with E-state index < -0.39 is 28.1 Å². The van der Waals surface area contributed by atoms with Crippen molar-refractivity contribution in [1.29, 1.82) is 0 Å². The summed E-state index contributed by atoms with van der Waals surface area (Å²) < 4.78 is 26.5. The lowest BCUT2D eigenvalue weighted by molar-refractivity contribution is -0.139. The third kappa shape index (κ3) is 5.85. The van der Waals surface area contributed by atoms with Gasteiger partial charge in [-0.05, 0) is 0 Å². The van der Waals surface area contributed by atoms with Crippen molar-refractivity contribution < 1.29 is 27.9 Å². The topological polar surface area (TPSA) is 139 Å². The third-order valence-electron chi connectivity index (χ3n) is 2.56. The van der Waals surface area contributed by atoms with E-state index in [-0.39, 0.29) is 31.9 Å². The average Bonchev–Trinajstić information content (AvgIpc) is 2.27. The summed E-state index contributed by atoms with van der Waals surface area (Å²) in [6, 6.07) is -1.07. The highest BCUT2D eigenvalue weighted by molar-refractivity contribution is 7.89. The van der Waals surface area contributed by atoms with Crippen LogP contribution in [0, 0.1) is 0 Å². The molecule has 1 aliphatic rings. The molecule has 0 bridgehead atoms. The molecule has 1 aliphatic heterocycles. The van der Waals surface area contributed by atoms with Gasteiger partial charge in [-0.1, -0.05) is 0 Å². The first-order chi connectivity index (χ1) is 8.79. The molecule has 1 saturated heterocycles. The number of hydrogen-bond donors (Lipinski definition) is 3. The first-order valence-corrected chi connectivity index (χ1v) is 7.35. The fraction of sp³-hybridized carbons (Fsp3) is 0.778. The molecule has 1 heterocycles. The number of ether oxygens (including phenoxy) is 1. The zero-order chi connectivity index (χ0) is 14.5. The molecular weight excluding hydrogens is 278 g/mol. The second kappa shape index (κ2) is 6.68. The van der Waals surface area contributed by atoms with Gasteiger partial charge in [-0.25, -0.2) is 18.4 Å². The number of urea groups is 1. The fourth-order valence-electron chi connectivity index (χ4n) is 1.69. The van der Waals surface area contributed by atoms with Gasteiger partial charge in [-0.15, -0.1) is 0 Å². The fourth-order valence-corrected chi connectivity index (χ4v) is 2.08. The van der Waals surface area contributed by atoms with Crippen molar-refractivity contribution >= 4 is 22.0 Å². The maximum absolute atomic E-state index is 11.8. The maximum atomic E-state index is 11.8. The molecule has 0 spiro atoms. The van der Waals surface area contributed by atoms with Gasteiger partial charge in [-0.2, -0.15) is 0 Å². The molecule has 1 atom stereocenters. The van der Waals surface area contributed by atoms with Crippen molar-refractivity contribution in [1.82, 2.24) is 10.2 Å². The van der Waals surface area contributed by atoms with Crippen LogP contribution in [0.4, 0.5) is 4.79 Å². The number of rotatable bonds is 5. The lowest BCUT2D eigenvalue weighted by Crippen LogP contribution is -2.53. The molecule has 0 aromatic carbocycles. The summed E-state index contributed by atoms with van der Waals surface area (Å²) in [7, 11) is -3.64. The molecular formula is C9H17N3O6S. The Balaban J connectivity index is 2.50. The van der Waals surface area contributed by atoms with Crippen molar-refractivity contribution in [2.75, 3.05) is 32.1 Å². The number of nitrogens with zero attached hydrogens (tertiary/aromatic N) is 1. The molecule has 0 saturated carbocycles. The van der Waals surface area contributed by atoms with Gasteiger partial charge in [0.2, 0.25) is 10.0 Å². The van der Waals surface area contributed by atoms with Crippen LogP contribution < -0.4 is 10.5 Å². The average molecular weight is 295 g/mol. The minimum Gasteiger partial charge on any atom is -0.481 e. The molecule has 0 aromatic rings. The van der Waals surface area contributed by atoms with Crippen LogP contribution in [-0.2, 0) is 19.6 Å². The number of nitrogens with one attached hydrogen (secondary N) is 1. The van der Waals surface area contributed by atoms with Gasteiger partial charge in [0.05, 0.1) is 31.4 Å². The number of aliphatic carboxylic acids is 1. The van der Waals surface area contributed by atoms with E-state index in [2.05, 4.69) is 5.32 Å². The van der Waals surface area contributed by atoms with Crippen LogP contribution in [0.5, 0.6) is 0 Å². The number of carboxylic acids is 1. The number of carbonyl (C=O) groups excluding carboxylic acids is 1. The zero-order valence-corrected chi connectivity index (χ0v) is 11.1. The maximum Gasteiger partial charge on any atom is 0.317 e. The number of hydrogen-bond acceptors (Lipinski definition) is 5. The Morgan fingerprint density at radius 1 is 1.47 bits per heavy atom. The van der Waals surface area contributed by atoms with Gasteiger partial charge in [0.1, 0.15) is 0 Å². The molecule has 1 rings (SSSR count). The normalized spacial score (nSPS) is 20.1. The van der Waals surface area contributed by atoms with E-state index in [0.29, 0.717) is 6.61 Å². The van der Waals surface area contributed by atoms with Crippen molar-refractivity contribution in [3.8, 4) is 0 Å². The standard InChI is InChI=1S/C9H17N3O6S/c10-19(16,17)4-1-11-9(15)12-2-3-18-6-7(12)5-8(13)14/h7H,1-6H2,(H,11,15)(H,13,14)(H2,10,16,17). The highest BCUT2D eigenvalue weighted by Crippen LogP contribution is 2.10. The first-order valence-electron chi connectivity index (χ1n) is 5.64. The second-order valence-electron chi connectivity index (χ2n) is 4.12. The quantitative estimate of drug-likeness (QED) is 0.544. The largest absolute Gasteiger partial charge is 0.481 e. The van der Waals surface area contributed by atoms with Gasteiger partial charge in [0.15, 0.2) is 0 Å². The third-order valence-corrected chi connectivity index (χ3v) is 3.33. The highest BCUT2D eigenvalue weighted by atomic mass is 32.2. The van der Waals surface area contributed by atoms with Crippen molar-refractivity contribution in [2.45, 2.75) is 12.5 Å². The van der Waals surface area contributed by atoms with Crippen LogP contribution in [0.15, 0.2) is 0 Å². The number of primary sulfonamides is 1. The van der Waals surface area contributed by atoms with Crippen molar-refractivity contribution in [3.63, 3.8) is 0 Å². The predicted molar refractivity (Wildman–Crippen MR) is 64.9 cm³/mol. The van der Waals surface area contributed by atoms with E-state index in [4.69, 9.17) is 15.0 Å². The van der Waals surface area contributed by atoms with E-state index >= 15 is 0 Å². The van der Waals surface area contributed by atoms with E-state index in [1.165, 1.54) is 4.90 Å². The Hall–Kier alpha value is -1.39. The summed E-state index contributed by atoms with van der Waals surface area (Å²) in [6.07, 6.45) is -0.220. The molecule has 1 fully saturated rings. The van der Waals surface area contributed by atoms with Gasteiger partial charge in [0.25, 0.3) is 0 Å². The first kappa shape index (κ1) is 15.7. The van der Waals surface area contributed by atoms with Gasteiger partial charge < -0.3 is 20.1 Å². The summed E-state index contributed by atoms with van der Waals surface area (Å²) in [4.78, 5) is 23.8. The monoisotopic (exact) mass is 295 g/mol. The molecule has 0 aliphatic carbocycles. The minimum atomic E-state index is -3.64. The molecule has 9 nitrogen and oxygen atoms in total. The van der Waals surface area contributed by atoms with Crippen LogP contribution in [0.3, 0.4) is 0 Å². The Bertz CT molecular complexity index is 437. The summed E-state index contributed by atoms with van der Waals surface area (Å²) in [5, 5.41) is 15.9. The smallest absolute Gasteiger partial charge is 0.317 e. The number of amides is 2. The van der Waals surface area contributed by atoms with Crippen LogP contribution in [-0.4, -0.2) is 68.5 Å². The predicted octanol–water partition coefficient (Wildman–Crippen LogP) is -1.84. The second-order valence-corrected chi connectivity index (χ2v) is 5.85. The highest BCUT2D eigenvalue weighted by Gasteiger charge is 2.29. The van der Waals surface area contributed by atoms with E-state index in [0.717, 1.165) is 0 Å². The van der Waals surface area contributed by atoms with Gasteiger partial charge in [-0.3, -0.25) is 4.79 Å². The molecule has 0 radical (unpaired) electrons.